The van der Waals surface area contributed by atoms with E-state index in [0.717, 1.165) is 17.1 Å². The van der Waals surface area contributed by atoms with Crippen LogP contribution in [0.2, 0.25) is 0 Å². The van der Waals surface area contributed by atoms with Crippen LogP contribution >= 0.6 is 0 Å². The van der Waals surface area contributed by atoms with E-state index in [9.17, 15) is 4.79 Å². The van der Waals surface area contributed by atoms with Gasteiger partial charge in [-0.2, -0.15) is 0 Å². The fourth-order valence-corrected chi connectivity index (χ4v) is 2.36. The van der Waals surface area contributed by atoms with Gasteiger partial charge in [0, 0.05) is 6.42 Å². The van der Waals surface area contributed by atoms with Crippen molar-refractivity contribution in [1.29, 1.82) is 0 Å². The summed E-state index contributed by atoms with van der Waals surface area (Å²) in [6.45, 7) is 3.79. The molecule has 5 heteroatoms. The Bertz CT molecular complexity index is 663. The van der Waals surface area contributed by atoms with Gasteiger partial charge in [-0.05, 0) is 50.1 Å². The maximum Gasteiger partial charge on any atom is 0.220 e. The van der Waals surface area contributed by atoms with Crippen LogP contribution in [-0.4, -0.2) is 20.1 Å². The monoisotopic (exact) mass is 317 g/mol. The number of amides is 1. The molecule has 1 heterocycles. The fourth-order valence-electron chi connectivity index (χ4n) is 2.36. The number of rotatable bonds is 7. The van der Waals surface area contributed by atoms with E-state index in [0.29, 0.717) is 24.3 Å². The molecule has 0 radical (unpaired) electrons. The van der Waals surface area contributed by atoms with Gasteiger partial charge in [0.05, 0.1) is 20.3 Å². The molecule has 1 unspecified atom stereocenters. The molecule has 1 atom stereocenters. The summed E-state index contributed by atoms with van der Waals surface area (Å²) in [4.78, 5) is 12.1. The normalized spacial score (nSPS) is 11.8. The van der Waals surface area contributed by atoms with Crippen molar-refractivity contribution in [3.63, 3.8) is 0 Å². The van der Waals surface area contributed by atoms with Crippen LogP contribution in [0, 0.1) is 6.92 Å². The van der Waals surface area contributed by atoms with E-state index in [1.165, 1.54) is 0 Å². The smallest absolute Gasteiger partial charge is 0.220 e. The third kappa shape index (κ3) is 4.52. The number of hydrogen-bond donors (Lipinski definition) is 1. The first-order valence-corrected chi connectivity index (χ1v) is 7.60. The van der Waals surface area contributed by atoms with E-state index in [2.05, 4.69) is 5.32 Å². The molecule has 0 spiro atoms. The number of furan rings is 1. The lowest BCUT2D eigenvalue weighted by Crippen LogP contribution is -2.26. The lowest BCUT2D eigenvalue weighted by atomic mass is 10.1. The van der Waals surface area contributed by atoms with Gasteiger partial charge in [0.2, 0.25) is 5.91 Å². The Balaban J connectivity index is 1.89. The highest BCUT2D eigenvalue weighted by Gasteiger charge is 2.13. The van der Waals surface area contributed by atoms with Crippen LogP contribution in [0.25, 0.3) is 0 Å². The second-order valence-corrected chi connectivity index (χ2v) is 5.43. The number of ether oxygens (including phenoxy) is 2. The van der Waals surface area contributed by atoms with Gasteiger partial charge in [0.25, 0.3) is 0 Å². The number of aryl methyl sites for hydroxylation is 2. The summed E-state index contributed by atoms with van der Waals surface area (Å²) >= 11 is 0. The topological polar surface area (TPSA) is 60.7 Å². The molecule has 5 nitrogen and oxygen atoms in total. The molecule has 23 heavy (non-hydrogen) atoms. The molecular formula is C18H23NO4. The molecule has 2 rings (SSSR count). The summed E-state index contributed by atoms with van der Waals surface area (Å²) in [6.07, 6.45) is 1.04. The first-order chi connectivity index (χ1) is 11.0. The summed E-state index contributed by atoms with van der Waals surface area (Å²) < 4.78 is 16.0. The van der Waals surface area contributed by atoms with Gasteiger partial charge in [0.1, 0.15) is 11.5 Å². The van der Waals surface area contributed by atoms with E-state index in [1.54, 1.807) is 14.2 Å². The second-order valence-electron chi connectivity index (χ2n) is 5.43. The molecule has 2 aromatic rings. The lowest BCUT2D eigenvalue weighted by Gasteiger charge is -2.12. The van der Waals surface area contributed by atoms with Gasteiger partial charge >= 0.3 is 0 Å². The molecule has 1 N–H and O–H groups in total. The van der Waals surface area contributed by atoms with Crippen molar-refractivity contribution in [2.24, 2.45) is 0 Å². The van der Waals surface area contributed by atoms with Crippen molar-refractivity contribution in [3.05, 3.63) is 47.4 Å². The van der Waals surface area contributed by atoms with Crippen LogP contribution in [0.15, 0.2) is 34.7 Å². The standard InChI is InChI=1S/C18H23NO4/c1-12-5-8-15(23-12)13(2)19-18(20)10-7-14-6-9-16(21-3)17(11-14)22-4/h5-6,8-9,11,13H,7,10H2,1-4H3,(H,19,20). The lowest BCUT2D eigenvalue weighted by molar-refractivity contribution is -0.121. The minimum absolute atomic E-state index is 0.0127. The zero-order chi connectivity index (χ0) is 16.8. The Labute approximate surface area is 136 Å². The average Bonchev–Trinajstić information content (AvgIpc) is 2.99. The van der Waals surface area contributed by atoms with Gasteiger partial charge in [-0.3, -0.25) is 4.79 Å². The Morgan fingerprint density at radius 2 is 1.91 bits per heavy atom. The zero-order valence-electron chi connectivity index (χ0n) is 14.0. The predicted octanol–water partition coefficient (Wildman–Crippen LogP) is 3.42. The Hall–Kier alpha value is -2.43. The molecule has 0 aliphatic rings. The minimum atomic E-state index is -0.137. The number of hydrogen-bond acceptors (Lipinski definition) is 4. The maximum absolute atomic E-state index is 12.1. The Morgan fingerprint density at radius 1 is 1.17 bits per heavy atom. The molecule has 0 aliphatic carbocycles. The van der Waals surface area contributed by atoms with E-state index < -0.39 is 0 Å². The van der Waals surface area contributed by atoms with Crippen molar-refractivity contribution in [2.45, 2.75) is 32.7 Å². The Kier molecular flexibility index (Phi) is 5.68. The quantitative estimate of drug-likeness (QED) is 0.850. The van der Waals surface area contributed by atoms with Crippen LogP contribution in [0.3, 0.4) is 0 Å². The minimum Gasteiger partial charge on any atom is -0.493 e. The fraction of sp³-hybridized carbons (Fsp3) is 0.389. The maximum atomic E-state index is 12.1. The van der Waals surface area contributed by atoms with Gasteiger partial charge in [-0.15, -0.1) is 0 Å². The van der Waals surface area contributed by atoms with Crippen LogP contribution in [0.1, 0.15) is 36.5 Å². The molecular weight excluding hydrogens is 294 g/mol. The average molecular weight is 317 g/mol. The second kappa shape index (κ2) is 7.72. The Morgan fingerprint density at radius 3 is 2.52 bits per heavy atom. The number of carbonyl (C=O) groups excluding carboxylic acids is 1. The van der Waals surface area contributed by atoms with E-state index in [-0.39, 0.29) is 11.9 Å². The van der Waals surface area contributed by atoms with Gasteiger partial charge in [0.15, 0.2) is 11.5 Å². The highest BCUT2D eigenvalue weighted by atomic mass is 16.5. The molecule has 0 bridgehead atoms. The first kappa shape index (κ1) is 16.9. The molecule has 124 valence electrons. The van der Waals surface area contributed by atoms with Crippen molar-refractivity contribution >= 4 is 5.91 Å². The SMILES string of the molecule is COc1ccc(CCC(=O)NC(C)c2ccc(C)o2)cc1OC. The summed E-state index contributed by atoms with van der Waals surface area (Å²) in [5.41, 5.74) is 1.03. The van der Waals surface area contributed by atoms with Gasteiger partial charge in [-0.25, -0.2) is 0 Å². The van der Waals surface area contributed by atoms with Gasteiger partial charge in [-0.1, -0.05) is 6.07 Å². The molecule has 1 aromatic heterocycles. The molecule has 0 aliphatic heterocycles. The first-order valence-electron chi connectivity index (χ1n) is 7.60. The van der Waals surface area contributed by atoms with Gasteiger partial charge < -0.3 is 19.2 Å². The van der Waals surface area contributed by atoms with Crippen LogP contribution in [0.4, 0.5) is 0 Å². The van der Waals surface area contributed by atoms with E-state index >= 15 is 0 Å². The third-order valence-corrected chi connectivity index (χ3v) is 3.65. The molecule has 0 fully saturated rings. The third-order valence-electron chi connectivity index (χ3n) is 3.65. The number of benzene rings is 1. The summed E-state index contributed by atoms with van der Waals surface area (Å²) in [5.74, 6) is 2.95. The zero-order valence-corrected chi connectivity index (χ0v) is 14.0. The molecule has 1 aromatic carbocycles. The number of carbonyl (C=O) groups is 1. The van der Waals surface area contributed by atoms with Crippen molar-refractivity contribution in [2.75, 3.05) is 14.2 Å². The van der Waals surface area contributed by atoms with Crippen LogP contribution < -0.4 is 14.8 Å². The van der Waals surface area contributed by atoms with Crippen LogP contribution in [-0.2, 0) is 11.2 Å². The summed E-state index contributed by atoms with van der Waals surface area (Å²) in [5, 5.41) is 2.94. The highest BCUT2D eigenvalue weighted by Crippen LogP contribution is 2.28. The highest BCUT2D eigenvalue weighted by molar-refractivity contribution is 5.76. The van der Waals surface area contributed by atoms with Crippen molar-refractivity contribution in [1.82, 2.24) is 5.32 Å². The molecule has 0 saturated carbocycles. The summed E-state index contributed by atoms with van der Waals surface area (Å²) in [7, 11) is 3.20. The largest absolute Gasteiger partial charge is 0.493 e. The molecule has 0 saturated heterocycles. The molecule has 1 amide bonds. The predicted molar refractivity (Wildman–Crippen MR) is 87.9 cm³/mol. The number of methoxy groups -OCH3 is 2. The number of nitrogens with one attached hydrogen (secondary N) is 1. The van der Waals surface area contributed by atoms with Crippen molar-refractivity contribution < 1.29 is 18.7 Å². The van der Waals surface area contributed by atoms with E-state index in [1.807, 2.05) is 44.2 Å². The van der Waals surface area contributed by atoms with Crippen LogP contribution in [0.5, 0.6) is 11.5 Å². The summed E-state index contributed by atoms with van der Waals surface area (Å²) in [6, 6.07) is 9.32. The van der Waals surface area contributed by atoms with E-state index in [4.69, 9.17) is 13.9 Å². The van der Waals surface area contributed by atoms with Crippen molar-refractivity contribution in [3.8, 4) is 11.5 Å².